The van der Waals surface area contributed by atoms with E-state index in [0.717, 1.165) is 13.1 Å². The Morgan fingerprint density at radius 3 is 2.95 bits per heavy atom. The summed E-state index contributed by atoms with van der Waals surface area (Å²) in [5.74, 6) is 0.164. The van der Waals surface area contributed by atoms with Gasteiger partial charge < -0.3 is 21.3 Å². The number of amides is 1. The second-order valence-electron chi connectivity index (χ2n) is 4.73. The van der Waals surface area contributed by atoms with Gasteiger partial charge in [0.15, 0.2) is 5.13 Å². The molecule has 1 heterocycles. The molecule has 0 spiro atoms. The van der Waals surface area contributed by atoms with E-state index in [1.54, 1.807) is 0 Å². The summed E-state index contributed by atoms with van der Waals surface area (Å²) >= 11 is 1.30. The summed E-state index contributed by atoms with van der Waals surface area (Å²) < 4.78 is 0. The molecule has 0 unspecified atom stereocenters. The van der Waals surface area contributed by atoms with Gasteiger partial charge in [0, 0.05) is 25.7 Å². The lowest BCUT2D eigenvalue weighted by molar-refractivity contribution is 0.0954. The van der Waals surface area contributed by atoms with Crippen molar-refractivity contribution < 1.29 is 4.79 Å². The lowest BCUT2D eigenvalue weighted by Crippen LogP contribution is -2.33. The van der Waals surface area contributed by atoms with Crippen molar-refractivity contribution >= 4 is 28.2 Å². The molecule has 1 aromatic heterocycles. The smallest absolute Gasteiger partial charge is 0.265 e. The van der Waals surface area contributed by atoms with Crippen molar-refractivity contribution in [2.75, 3.05) is 37.7 Å². The van der Waals surface area contributed by atoms with Crippen LogP contribution in [0.1, 0.15) is 29.4 Å². The summed E-state index contributed by atoms with van der Waals surface area (Å²) in [5, 5.41) is 6.65. The normalized spacial score (nSPS) is 14.7. The Bertz CT molecular complexity index is 443. The summed E-state index contributed by atoms with van der Waals surface area (Å²) in [6, 6.07) is 0.714. The molecule has 1 aliphatic carbocycles. The predicted octanol–water partition coefficient (Wildman–Crippen LogP) is 0.981. The minimum atomic E-state index is -0.136. The fourth-order valence-corrected chi connectivity index (χ4v) is 2.71. The first-order valence-electron chi connectivity index (χ1n) is 6.60. The van der Waals surface area contributed by atoms with Gasteiger partial charge in [0.05, 0.1) is 0 Å². The average Bonchev–Trinajstić information content (AvgIpc) is 3.14. The fourth-order valence-electron chi connectivity index (χ4n) is 1.85. The molecule has 7 heteroatoms. The van der Waals surface area contributed by atoms with Gasteiger partial charge in [0.25, 0.3) is 5.91 Å². The summed E-state index contributed by atoms with van der Waals surface area (Å²) in [5.41, 5.74) is 5.75. The third-order valence-electron chi connectivity index (χ3n) is 3.11. The van der Waals surface area contributed by atoms with Gasteiger partial charge in [-0.25, -0.2) is 4.98 Å². The van der Waals surface area contributed by atoms with Crippen LogP contribution in [-0.4, -0.2) is 48.5 Å². The zero-order valence-corrected chi connectivity index (χ0v) is 12.2. The number of nitrogens with one attached hydrogen (secondary N) is 2. The number of carbonyl (C=O) groups is 1. The van der Waals surface area contributed by atoms with E-state index in [1.807, 2.05) is 6.92 Å². The molecule has 0 aromatic carbocycles. The molecule has 0 bridgehead atoms. The Balaban J connectivity index is 1.81. The number of nitrogen functional groups attached to an aromatic ring is 1. The first kappa shape index (κ1) is 14.1. The van der Waals surface area contributed by atoms with Crippen molar-refractivity contribution in [3.8, 4) is 0 Å². The van der Waals surface area contributed by atoms with E-state index in [2.05, 4.69) is 27.6 Å². The number of aromatic nitrogens is 1. The monoisotopic (exact) mass is 283 g/mol. The number of carbonyl (C=O) groups excluding carboxylic acids is 1. The van der Waals surface area contributed by atoms with Crippen molar-refractivity contribution in [1.29, 1.82) is 0 Å². The van der Waals surface area contributed by atoms with Gasteiger partial charge in [-0.05, 0) is 26.8 Å². The highest BCUT2D eigenvalue weighted by Gasteiger charge is 2.25. The highest BCUT2D eigenvalue weighted by atomic mass is 32.1. The standard InChI is InChI=1S/C12H21N5OS/c1-3-14-12-16-10(13)9(19-12)11(18)15-6-7-17(2)8-4-5-8/h8H,3-7,13H2,1-2H3,(H,14,16)(H,15,18). The molecule has 0 atom stereocenters. The van der Waals surface area contributed by atoms with E-state index in [0.29, 0.717) is 28.4 Å². The van der Waals surface area contributed by atoms with Crippen LogP contribution in [0.5, 0.6) is 0 Å². The Labute approximate surface area is 117 Å². The second-order valence-corrected chi connectivity index (χ2v) is 5.73. The van der Waals surface area contributed by atoms with E-state index in [9.17, 15) is 4.79 Å². The fraction of sp³-hybridized carbons (Fsp3) is 0.667. The third kappa shape index (κ3) is 3.81. The SMILES string of the molecule is CCNc1nc(N)c(C(=O)NCCN(C)C2CC2)s1. The molecule has 0 saturated heterocycles. The molecule has 6 nitrogen and oxygen atoms in total. The van der Waals surface area contributed by atoms with Gasteiger partial charge in [-0.3, -0.25) is 4.79 Å². The maximum absolute atomic E-state index is 12.0. The zero-order valence-electron chi connectivity index (χ0n) is 11.4. The van der Waals surface area contributed by atoms with Crippen LogP contribution in [0.25, 0.3) is 0 Å². The van der Waals surface area contributed by atoms with Crippen molar-refractivity contribution in [2.24, 2.45) is 0 Å². The lowest BCUT2D eigenvalue weighted by Gasteiger charge is -2.15. The number of likely N-dealkylation sites (N-methyl/N-ethyl adjacent to an activating group) is 1. The Hall–Kier alpha value is -1.34. The van der Waals surface area contributed by atoms with E-state index in [4.69, 9.17) is 5.73 Å². The first-order chi connectivity index (χ1) is 9.11. The Kier molecular flexibility index (Phi) is 4.60. The molecule has 1 amide bonds. The van der Waals surface area contributed by atoms with Crippen LogP contribution in [0, 0.1) is 0 Å². The number of thiazole rings is 1. The van der Waals surface area contributed by atoms with Crippen LogP contribution in [0.4, 0.5) is 10.9 Å². The Morgan fingerprint density at radius 1 is 1.58 bits per heavy atom. The van der Waals surface area contributed by atoms with Crippen molar-refractivity contribution in [2.45, 2.75) is 25.8 Å². The average molecular weight is 283 g/mol. The highest BCUT2D eigenvalue weighted by Crippen LogP contribution is 2.25. The van der Waals surface area contributed by atoms with Crippen LogP contribution >= 0.6 is 11.3 Å². The van der Waals surface area contributed by atoms with Gasteiger partial charge in [-0.1, -0.05) is 11.3 Å². The summed E-state index contributed by atoms with van der Waals surface area (Å²) in [4.78, 5) is 18.9. The summed E-state index contributed by atoms with van der Waals surface area (Å²) in [6.07, 6.45) is 2.55. The van der Waals surface area contributed by atoms with Gasteiger partial charge in [0.1, 0.15) is 10.7 Å². The molecule has 1 aromatic rings. The van der Waals surface area contributed by atoms with Gasteiger partial charge in [-0.15, -0.1) is 0 Å². The van der Waals surface area contributed by atoms with Crippen molar-refractivity contribution in [3.63, 3.8) is 0 Å². The number of nitrogens with zero attached hydrogens (tertiary/aromatic N) is 2. The van der Waals surface area contributed by atoms with Crippen LogP contribution in [0.2, 0.25) is 0 Å². The lowest BCUT2D eigenvalue weighted by atomic mass is 10.4. The quantitative estimate of drug-likeness (QED) is 0.695. The molecule has 1 aliphatic rings. The van der Waals surface area contributed by atoms with Gasteiger partial charge in [0.2, 0.25) is 0 Å². The minimum Gasteiger partial charge on any atom is -0.382 e. The molecule has 19 heavy (non-hydrogen) atoms. The van der Waals surface area contributed by atoms with Crippen LogP contribution in [0.15, 0.2) is 0 Å². The maximum Gasteiger partial charge on any atom is 0.265 e. The van der Waals surface area contributed by atoms with Crippen LogP contribution < -0.4 is 16.4 Å². The third-order valence-corrected chi connectivity index (χ3v) is 4.14. The highest BCUT2D eigenvalue weighted by molar-refractivity contribution is 7.18. The number of anilines is 2. The summed E-state index contributed by atoms with van der Waals surface area (Å²) in [6.45, 7) is 4.25. The van der Waals surface area contributed by atoms with Crippen molar-refractivity contribution in [3.05, 3.63) is 4.88 Å². The molecule has 1 fully saturated rings. The van der Waals surface area contributed by atoms with E-state index in [-0.39, 0.29) is 5.91 Å². The molecule has 2 rings (SSSR count). The van der Waals surface area contributed by atoms with Gasteiger partial charge >= 0.3 is 0 Å². The molecule has 106 valence electrons. The van der Waals surface area contributed by atoms with Crippen LogP contribution in [0.3, 0.4) is 0 Å². The van der Waals surface area contributed by atoms with E-state index in [1.165, 1.54) is 24.2 Å². The zero-order chi connectivity index (χ0) is 13.8. The molecule has 0 aliphatic heterocycles. The Morgan fingerprint density at radius 2 is 2.32 bits per heavy atom. The van der Waals surface area contributed by atoms with E-state index < -0.39 is 0 Å². The second kappa shape index (κ2) is 6.21. The number of hydrogen-bond acceptors (Lipinski definition) is 6. The topological polar surface area (TPSA) is 83.3 Å². The molecule has 4 N–H and O–H groups in total. The van der Waals surface area contributed by atoms with Crippen molar-refractivity contribution in [1.82, 2.24) is 15.2 Å². The minimum absolute atomic E-state index is 0.136. The largest absolute Gasteiger partial charge is 0.382 e. The molecule has 1 saturated carbocycles. The number of nitrogens with two attached hydrogens (primary N) is 1. The first-order valence-corrected chi connectivity index (χ1v) is 7.42. The van der Waals surface area contributed by atoms with E-state index >= 15 is 0 Å². The maximum atomic E-state index is 12.0. The number of rotatable bonds is 7. The number of hydrogen-bond donors (Lipinski definition) is 3. The molecule has 0 radical (unpaired) electrons. The van der Waals surface area contributed by atoms with Gasteiger partial charge in [-0.2, -0.15) is 0 Å². The molecular formula is C12H21N5OS. The molecular weight excluding hydrogens is 262 g/mol. The van der Waals surface area contributed by atoms with Crippen LogP contribution in [-0.2, 0) is 0 Å². The summed E-state index contributed by atoms with van der Waals surface area (Å²) in [7, 11) is 2.09. The predicted molar refractivity (Wildman–Crippen MR) is 78.7 cm³/mol.